The van der Waals surface area contributed by atoms with Gasteiger partial charge in [-0.05, 0) is 36.5 Å². The van der Waals surface area contributed by atoms with Crippen LogP contribution in [0.25, 0.3) is 0 Å². The monoisotopic (exact) mass is 297 g/mol. The first-order chi connectivity index (χ1) is 9.08. The van der Waals surface area contributed by atoms with Crippen molar-refractivity contribution in [2.24, 2.45) is 5.92 Å². The van der Waals surface area contributed by atoms with E-state index < -0.39 is 0 Å². The van der Waals surface area contributed by atoms with Crippen LogP contribution < -0.4 is 5.32 Å². The van der Waals surface area contributed by atoms with Crippen LogP contribution in [-0.2, 0) is 0 Å². The highest BCUT2D eigenvalue weighted by Crippen LogP contribution is 2.20. The quantitative estimate of drug-likeness (QED) is 0.819. The highest BCUT2D eigenvalue weighted by Gasteiger charge is 2.12. The van der Waals surface area contributed by atoms with E-state index in [1.165, 1.54) is 11.3 Å². The van der Waals surface area contributed by atoms with E-state index in [1.54, 1.807) is 11.8 Å². The van der Waals surface area contributed by atoms with Crippen molar-refractivity contribution in [1.82, 2.24) is 5.32 Å². The van der Waals surface area contributed by atoms with Crippen molar-refractivity contribution in [2.75, 3.05) is 25.2 Å². The van der Waals surface area contributed by atoms with E-state index in [4.69, 9.17) is 5.11 Å². The average molecular weight is 297 g/mol. The number of amides is 1. The van der Waals surface area contributed by atoms with E-state index in [0.717, 1.165) is 16.2 Å². The van der Waals surface area contributed by atoms with Crippen molar-refractivity contribution >= 4 is 29.0 Å². The maximum Gasteiger partial charge on any atom is 0.261 e. The average Bonchev–Trinajstić information content (AvgIpc) is 2.75. The molecule has 19 heavy (non-hydrogen) atoms. The minimum absolute atomic E-state index is 0.0434. The summed E-state index contributed by atoms with van der Waals surface area (Å²) in [6.45, 7) is 4.57. The van der Waals surface area contributed by atoms with E-state index in [-0.39, 0.29) is 12.5 Å². The lowest BCUT2D eigenvalue weighted by molar-refractivity contribution is 0.0953. The van der Waals surface area contributed by atoms with Gasteiger partial charge in [-0.15, -0.1) is 11.3 Å². The Bertz CT molecular complexity index is 485. The van der Waals surface area contributed by atoms with Crippen LogP contribution in [0.5, 0.6) is 0 Å². The Morgan fingerprint density at radius 3 is 3.00 bits per heavy atom. The van der Waals surface area contributed by atoms with Gasteiger partial charge in [0.15, 0.2) is 0 Å². The number of aliphatic hydroxyl groups is 1. The van der Waals surface area contributed by atoms with Crippen molar-refractivity contribution in [3.8, 4) is 11.8 Å². The van der Waals surface area contributed by atoms with Crippen LogP contribution in [0.4, 0.5) is 0 Å². The molecule has 0 aromatic carbocycles. The molecule has 0 bridgehead atoms. The van der Waals surface area contributed by atoms with Gasteiger partial charge in [0.05, 0.1) is 9.75 Å². The van der Waals surface area contributed by atoms with Crippen LogP contribution in [0.15, 0.2) is 6.07 Å². The third kappa shape index (κ3) is 5.27. The standard InChI is InChI=1S/C14H19NO2S2/c1-10(9-18-3)8-15-14(17)13-7-11(2)12(19-13)5-4-6-16/h7,10,16H,6,8-9H2,1-3H3,(H,15,17). The summed E-state index contributed by atoms with van der Waals surface area (Å²) in [4.78, 5) is 13.5. The zero-order chi connectivity index (χ0) is 14.3. The van der Waals surface area contributed by atoms with Gasteiger partial charge in [0.2, 0.25) is 0 Å². The summed E-state index contributed by atoms with van der Waals surface area (Å²) in [7, 11) is 0. The van der Waals surface area contributed by atoms with E-state index >= 15 is 0 Å². The van der Waals surface area contributed by atoms with Gasteiger partial charge in [-0.2, -0.15) is 11.8 Å². The Hall–Kier alpha value is -0.960. The van der Waals surface area contributed by atoms with E-state index in [9.17, 15) is 4.79 Å². The normalized spacial score (nSPS) is 11.6. The van der Waals surface area contributed by atoms with E-state index in [1.807, 2.05) is 13.0 Å². The fourth-order valence-electron chi connectivity index (χ4n) is 1.54. The third-order valence-corrected chi connectivity index (χ3v) is 4.54. The Balaban J connectivity index is 2.62. The highest BCUT2D eigenvalue weighted by molar-refractivity contribution is 7.98. The summed E-state index contributed by atoms with van der Waals surface area (Å²) in [6.07, 6.45) is 2.06. The van der Waals surface area contributed by atoms with Crippen molar-refractivity contribution in [1.29, 1.82) is 0 Å². The smallest absolute Gasteiger partial charge is 0.261 e. The molecule has 1 heterocycles. The molecule has 0 aliphatic heterocycles. The molecule has 0 fully saturated rings. The number of hydrogen-bond acceptors (Lipinski definition) is 4. The minimum atomic E-state index is -0.162. The van der Waals surface area contributed by atoms with Gasteiger partial charge < -0.3 is 10.4 Å². The number of carbonyl (C=O) groups is 1. The maximum atomic E-state index is 12.0. The first kappa shape index (κ1) is 16.1. The number of thiophene rings is 1. The van der Waals surface area contributed by atoms with Crippen LogP contribution in [0.3, 0.4) is 0 Å². The highest BCUT2D eigenvalue weighted by atomic mass is 32.2. The van der Waals surface area contributed by atoms with Crippen LogP contribution in [-0.4, -0.2) is 36.2 Å². The molecule has 1 unspecified atom stereocenters. The van der Waals surface area contributed by atoms with Crippen molar-refractivity contribution < 1.29 is 9.90 Å². The van der Waals surface area contributed by atoms with E-state index in [0.29, 0.717) is 17.3 Å². The molecule has 5 heteroatoms. The van der Waals surface area contributed by atoms with E-state index in [2.05, 4.69) is 30.3 Å². The lowest BCUT2D eigenvalue weighted by Gasteiger charge is -2.10. The number of aliphatic hydroxyl groups excluding tert-OH is 1. The molecule has 1 amide bonds. The van der Waals surface area contributed by atoms with Gasteiger partial charge in [0.25, 0.3) is 5.91 Å². The number of hydrogen-bond donors (Lipinski definition) is 2. The number of thioether (sulfide) groups is 1. The molecule has 1 aromatic rings. The molecule has 3 nitrogen and oxygen atoms in total. The molecular weight excluding hydrogens is 278 g/mol. The molecule has 0 saturated heterocycles. The zero-order valence-corrected chi connectivity index (χ0v) is 13.1. The molecule has 1 atom stereocenters. The summed E-state index contributed by atoms with van der Waals surface area (Å²) in [5.41, 5.74) is 0.980. The SMILES string of the molecule is CSCC(C)CNC(=O)c1cc(C)c(C#CCO)s1. The summed E-state index contributed by atoms with van der Waals surface area (Å²) in [5.74, 6) is 6.93. The predicted molar refractivity (Wildman–Crippen MR) is 82.9 cm³/mol. The molecule has 1 rings (SSSR count). The van der Waals surface area contributed by atoms with Crippen LogP contribution >= 0.6 is 23.1 Å². The number of nitrogens with one attached hydrogen (secondary N) is 1. The van der Waals surface area contributed by atoms with Crippen molar-refractivity contribution in [2.45, 2.75) is 13.8 Å². The van der Waals surface area contributed by atoms with Crippen molar-refractivity contribution in [3.05, 3.63) is 21.4 Å². The lowest BCUT2D eigenvalue weighted by Crippen LogP contribution is -2.28. The molecule has 0 aliphatic carbocycles. The second-order valence-corrected chi connectivity index (χ2v) is 6.32. The van der Waals surface area contributed by atoms with Crippen molar-refractivity contribution in [3.63, 3.8) is 0 Å². The van der Waals surface area contributed by atoms with Crippen LogP contribution in [0.2, 0.25) is 0 Å². The Kier molecular flexibility index (Phi) is 7.00. The van der Waals surface area contributed by atoms with Gasteiger partial charge in [-0.3, -0.25) is 4.79 Å². The van der Waals surface area contributed by atoms with Gasteiger partial charge in [-0.25, -0.2) is 0 Å². The summed E-state index contributed by atoms with van der Waals surface area (Å²) in [6, 6.07) is 1.85. The molecule has 1 aromatic heterocycles. The van der Waals surface area contributed by atoms with Gasteiger partial charge in [-0.1, -0.05) is 18.8 Å². The Morgan fingerprint density at radius 1 is 1.63 bits per heavy atom. The third-order valence-electron chi connectivity index (χ3n) is 2.48. The molecular formula is C14H19NO2S2. The first-order valence-corrected chi connectivity index (χ1v) is 8.26. The largest absolute Gasteiger partial charge is 0.384 e. The zero-order valence-electron chi connectivity index (χ0n) is 11.4. The molecule has 0 radical (unpaired) electrons. The first-order valence-electron chi connectivity index (χ1n) is 6.05. The second kappa shape index (κ2) is 8.26. The molecule has 0 aliphatic rings. The minimum Gasteiger partial charge on any atom is -0.384 e. The Morgan fingerprint density at radius 2 is 2.37 bits per heavy atom. The topological polar surface area (TPSA) is 49.3 Å². The predicted octanol–water partition coefficient (Wildman–Crippen LogP) is 2.13. The molecule has 2 N–H and O–H groups in total. The molecule has 0 spiro atoms. The van der Waals surface area contributed by atoms with Gasteiger partial charge in [0, 0.05) is 6.54 Å². The summed E-state index contributed by atoms with van der Waals surface area (Å²) < 4.78 is 0. The van der Waals surface area contributed by atoms with Gasteiger partial charge in [0.1, 0.15) is 6.61 Å². The fourth-order valence-corrected chi connectivity index (χ4v) is 3.19. The van der Waals surface area contributed by atoms with Crippen LogP contribution in [0.1, 0.15) is 27.0 Å². The number of carbonyl (C=O) groups excluding carboxylic acids is 1. The number of aryl methyl sites for hydroxylation is 1. The summed E-state index contributed by atoms with van der Waals surface area (Å²) >= 11 is 3.15. The molecule has 0 saturated carbocycles. The summed E-state index contributed by atoms with van der Waals surface area (Å²) in [5, 5.41) is 11.6. The molecule has 104 valence electrons. The number of rotatable bonds is 5. The Labute approximate surface area is 122 Å². The fraction of sp³-hybridized carbons (Fsp3) is 0.500. The lowest BCUT2D eigenvalue weighted by atomic mass is 10.2. The maximum absolute atomic E-state index is 12.0. The second-order valence-electron chi connectivity index (χ2n) is 4.35. The van der Waals surface area contributed by atoms with Gasteiger partial charge >= 0.3 is 0 Å². The van der Waals surface area contributed by atoms with Crippen LogP contribution in [0, 0.1) is 24.7 Å².